The molecule has 3 heterocycles. The van der Waals surface area contributed by atoms with Crippen LogP contribution in [0.4, 0.5) is 11.6 Å². The van der Waals surface area contributed by atoms with Gasteiger partial charge in [-0.15, -0.1) is 0 Å². The Labute approximate surface area is 212 Å². The van der Waals surface area contributed by atoms with Crippen molar-refractivity contribution in [2.45, 2.75) is 25.8 Å². The number of piperidine rings is 1. The van der Waals surface area contributed by atoms with E-state index in [1.54, 1.807) is 18.5 Å². The standard InChI is InChI=1S/C23H32Cl2N6O2S/c1-16(20-6-5-19(24)10-21(20)25)28-22-11-27-12-23(29-22)31-14-18(15-31)17-4-3-7-30(13-17)8-9-34(32,33)26-2/h5-6,10-12,16-18,26H,3-4,7-9,13-15H2,1-2H3,(H,28,29)/t16-,17+/m1/s1. The maximum Gasteiger partial charge on any atom is 0.212 e. The van der Waals surface area contributed by atoms with Crippen molar-refractivity contribution in [2.24, 2.45) is 11.8 Å². The van der Waals surface area contributed by atoms with E-state index >= 15 is 0 Å². The summed E-state index contributed by atoms with van der Waals surface area (Å²) >= 11 is 12.4. The number of anilines is 2. The predicted molar refractivity (Wildman–Crippen MR) is 138 cm³/mol. The number of benzene rings is 1. The molecule has 0 radical (unpaired) electrons. The molecule has 4 rings (SSSR count). The molecule has 2 atom stereocenters. The van der Waals surface area contributed by atoms with Gasteiger partial charge in [0.05, 0.1) is 24.2 Å². The summed E-state index contributed by atoms with van der Waals surface area (Å²) in [6, 6.07) is 5.44. The third-order valence-electron chi connectivity index (χ3n) is 6.84. The zero-order valence-corrected chi connectivity index (χ0v) is 21.9. The molecule has 186 valence electrons. The molecule has 0 bridgehead atoms. The van der Waals surface area contributed by atoms with Gasteiger partial charge in [0, 0.05) is 36.2 Å². The number of hydrogen-bond donors (Lipinski definition) is 2. The molecular formula is C23H32Cl2N6O2S. The zero-order chi connectivity index (χ0) is 24.3. The number of hydrogen-bond acceptors (Lipinski definition) is 7. The number of nitrogens with zero attached hydrogens (tertiary/aromatic N) is 4. The normalized spacial score (nSPS) is 20.7. The minimum Gasteiger partial charge on any atom is -0.362 e. The van der Waals surface area contributed by atoms with Gasteiger partial charge in [0.25, 0.3) is 0 Å². The van der Waals surface area contributed by atoms with Gasteiger partial charge in [-0.2, -0.15) is 0 Å². The Balaban J connectivity index is 1.30. The largest absolute Gasteiger partial charge is 0.362 e. The van der Waals surface area contributed by atoms with Crippen molar-refractivity contribution in [3.8, 4) is 0 Å². The number of aromatic nitrogens is 2. The van der Waals surface area contributed by atoms with Crippen molar-refractivity contribution in [3.05, 3.63) is 46.2 Å². The van der Waals surface area contributed by atoms with E-state index < -0.39 is 10.0 Å². The van der Waals surface area contributed by atoms with Crippen molar-refractivity contribution >= 4 is 44.9 Å². The van der Waals surface area contributed by atoms with Crippen molar-refractivity contribution in [3.63, 3.8) is 0 Å². The molecule has 0 unspecified atom stereocenters. The van der Waals surface area contributed by atoms with Crippen LogP contribution < -0.4 is 14.9 Å². The molecule has 0 aliphatic carbocycles. The van der Waals surface area contributed by atoms with Crippen LogP contribution in [0, 0.1) is 11.8 Å². The van der Waals surface area contributed by atoms with Crippen molar-refractivity contribution < 1.29 is 8.42 Å². The Morgan fingerprint density at radius 1 is 1.18 bits per heavy atom. The van der Waals surface area contributed by atoms with Gasteiger partial charge >= 0.3 is 0 Å². The quantitative estimate of drug-likeness (QED) is 0.515. The summed E-state index contributed by atoms with van der Waals surface area (Å²) < 4.78 is 25.9. The molecule has 2 aliphatic rings. The molecule has 2 N–H and O–H groups in total. The Morgan fingerprint density at radius 2 is 1.97 bits per heavy atom. The van der Waals surface area contributed by atoms with Crippen molar-refractivity contribution in [1.82, 2.24) is 19.6 Å². The van der Waals surface area contributed by atoms with Crippen LogP contribution in [0.3, 0.4) is 0 Å². The molecule has 2 aromatic rings. The minimum absolute atomic E-state index is 0.0431. The highest BCUT2D eigenvalue weighted by atomic mass is 35.5. The van der Waals surface area contributed by atoms with E-state index in [2.05, 4.69) is 24.8 Å². The van der Waals surface area contributed by atoms with Gasteiger partial charge in [0.15, 0.2) is 0 Å². The smallest absolute Gasteiger partial charge is 0.212 e. The molecule has 8 nitrogen and oxygen atoms in total. The lowest BCUT2D eigenvalue weighted by molar-refractivity contribution is 0.125. The van der Waals surface area contributed by atoms with Crippen molar-refractivity contribution in [2.75, 3.05) is 55.7 Å². The second-order valence-corrected chi connectivity index (χ2v) is 12.1. The topological polar surface area (TPSA) is 90.5 Å². The van der Waals surface area contributed by atoms with E-state index in [1.165, 1.54) is 13.5 Å². The van der Waals surface area contributed by atoms with Gasteiger partial charge < -0.3 is 15.1 Å². The number of likely N-dealkylation sites (tertiary alicyclic amines) is 1. The maximum absolute atomic E-state index is 11.8. The second-order valence-electron chi connectivity index (χ2n) is 9.19. The number of nitrogens with one attached hydrogen (secondary N) is 2. The van der Waals surface area contributed by atoms with E-state index in [-0.39, 0.29) is 11.8 Å². The first-order valence-electron chi connectivity index (χ1n) is 11.7. The summed E-state index contributed by atoms with van der Waals surface area (Å²) in [7, 11) is -1.69. The summed E-state index contributed by atoms with van der Waals surface area (Å²) in [5, 5.41) is 4.61. The zero-order valence-electron chi connectivity index (χ0n) is 19.5. The highest BCUT2D eigenvalue weighted by Crippen LogP contribution is 2.34. The van der Waals surface area contributed by atoms with Crippen LogP contribution in [0.5, 0.6) is 0 Å². The summed E-state index contributed by atoms with van der Waals surface area (Å²) in [6.07, 6.45) is 5.84. The highest BCUT2D eigenvalue weighted by Gasteiger charge is 2.36. The summed E-state index contributed by atoms with van der Waals surface area (Å²) in [6.45, 7) is 6.45. The molecule has 2 saturated heterocycles. The molecule has 0 saturated carbocycles. The SMILES string of the molecule is CNS(=O)(=O)CCN1CCC[C@H](C2CN(c3cncc(N[C@H](C)c4ccc(Cl)cc4Cl)n3)C2)C1. The lowest BCUT2D eigenvalue weighted by Gasteiger charge is -2.47. The molecule has 11 heteroatoms. The first kappa shape index (κ1) is 25.4. The Hall–Kier alpha value is -1.65. The Morgan fingerprint density at radius 3 is 2.71 bits per heavy atom. The van der Waals surface area contributed by atoms with Gasteiger partial charge in [-0.3, -0.25) is 4.98 Å². The molecule has 1 aromatic heterocycles. The Bertz CT molecular complexity index is 1100. The van der Waals surface area contributed by atoms with Crippen LogP contribution in [-0.2, 0) is 10.0 Å². The van der Waals surface area contributed by atoms with E-state index in [0.717, 1.165) is 44.0 Å². The molecule has 0 spiro atoms. The average Bonchev–Trinajstić information content (AvgIpc) is 2.77. The van der Waals surface area contributed by atoms with Gasteiger partial charge in [0.2, 0.25) is 10.0 Å². The van der Waals surface area contributed by atoms with E-state index in [9.17, 15) is 8.42 Å². The molecule has 1 aromatic carbocycles. The number of halogens is 2. The fourth-order valence-electron chi connectivity index (χ4n) is 4.76. The summed E-state index contributed by atoms with van der Waals surface area (Å²) in [5.41, 5.74) is 0.951. The van der Waals surface area contributed by atoms with Gasteiger partial charge in [-0.05, 0) is 62.9 Å². The fourth-order valence-corrected chi connectivity index (χ4v) is 6.03. The summed E-state index contributed by atoms with van der Waals surface area (Å²) in [5.74, 6) is 2.90. The van der Waals surface area contributed by atoms with Gasteiger partial charge in [-0.25, -0.2) is 18.1 Å². The monoisotopic (exact) mass is 526 g/mol. The van der Waals surface area contributed by atoms with E-state index in [1.807, 2.05) is 19.1 Å². The Kier molecular flexibility index (Phi) is 8.20. The van der Waals surface area contributed by atoms with Gasteiger partial charge in [0.1, 0.15) is 11.6 Å². The highest BCUT2D eigenvalue weighted by molar-refractivity contribution is 7.89. The lowest BCUT2D eigenvalue weighted by Crippen LogP contribution is -2.54. The van der Waals surface area contributed by atoms with Crippen LogP contribution in [0.15, 0.2) is 30.6 Å². The van der Waals surface area contributed by atoms with E-state index in [0.29, 0.717) is 34.2 Å². The van der Waals surface area contributed by atoms with Crippen LogP contribution in [0.1, 0.15) is 31.4 Å². The lowest BCUT2D eigenvalue weighted by atomic mass is 9.80. The van der Waals surface area contributed by atoms with Crippen LogP contribution in [0.2, 0.25) is 10.0 Å². The van der Waals surface area contributed by atoms with Crippen LogP contribution in [-0.4, -0.2) is 68.8 Å². The molecule has 34 heavy (non-hydrogen) atoms. The molecule has 2 fully saturated rings. The fraction of sp³-hybridized carbons (Fsp3) is 0.565. The van der Waals surface area contributed by atoms with Crippen molar-refractivity contribution in [1.29, 1.82) is 0 Å². The number of rotatable bonds is 9. The van der Waals surface area contributed by atoms with E-state index in [4.69, 9.17) is 28.2 Å². The number of sulfonamides is 1. The first-order chi connectivity index (χ1) is 16.2. The molecule has 0 amide bonds. The van der Waals surface area contributed by atoms with Gasteiger partial charge in [-0.1, -0.05) is 29.3 Å². The molecule has 2 aliphatic heterocycles. The maximum atomic E-state index is 11.8. The average molecular weight is 528 g/mol. The third-order valence-corrected chi connectivity index (χ3v) is 8.75. The summed E-state index contributed by atoms with van der Waals surface area (Å²) in [4.78, 5) is 13.7. The molecular weight excluding hydrogens is 495 g/mol. The first-order valence-corrected chi connectivity index (χ1v) is 14.1. The second kappa shape index (κ2) is 11.0. The predicted octanol–water partition coefficient (Wildman–Crippen LogP) is 3.65. The van der Waals surface area contributed by atoms with Crippen LogP contribution in [0.25, 0.3) is 0 Å². The van der Waals surface area contributed by atoms with Crippen LogP contribution >= 0.6 is 23.2 Å². The third kappa shape index (κ3) is 6.31. The minimum atomic E-state index is -3.16.